The molecule has 0 aliphatic rings. The van der Waals surface area contributed by atoms with Crippen LogP contribution in [0.5, 0.6) is 5.75 Å². The third-order valence-corrected chi connectivity index (χ3v) is 6.33. The largest absolute Gasteiger partial charge is 0.496 e. The van der Waals surface area contributed by atoms with Crippen molar-refractivity contribution < 1.29 is 23.1 Å². The van der Waals surface area contributed by atoms with Crippen molar-refractivity contribution in [2.45, 2.75) is 18.7 Å². The summed E-state index contributed by atoms with van der Waals surface area (Å²) in [6.45, 7) is 6.97. The molecule has 35 heavy (non-hydrogen) atoms. The molecule has 8 nitrogen and oxygen atoms in total. The highest BCUT2D eigenvalue weighted by molar-refractivity contribution is 7.92. The lowest BCUT2D eigenvalue weighted by Crippen LogP contribution is -2.14. The molecule has 1 aromatic heterocycles. The average molecular weight is 490 g/mol. The van der Waals surface area contributed by atoms with E-state index in [0.717, 1.165) is 0 Å². The molecule has 3 aromatic rings. The third kappa shape index (κ3) is 5.57. The Morgan fingerprint density at radius 1 is 1.23 bits per heavy atom. The Balaban J connectivity index is 2.02. The number of sulfonamides is 1. The molecule has 178 valence electrons. The summed E-state index contributed by atoms with van der Waals surface area (Å²) in [4.78, 5) is 19.0. The summed E-state index contributed by atoms with van der Waals surface area (Å²) in [5, 5.41) is 9.13. The molecule has 2 aromatic carbocycles. The fraction of sp³-hybridized carbons (Fsp3) is 0.115. The first kappa shape index (κ1) is 25.2. The van der Waals surface area contributed by atoms with Crippen LogP contribution in [0.15, 0.2) is 64.6 Å². The van der Waals surface area contributed by atoms with Gasteiger partial charge in [0.05, 0.1) is 18.5 Å². The van der Waals surface area contributed by atoms with E-state index in [0.29, 0.717) is 28.0 Å². The Labute approximate surface area is 204 Å². The minimum atomic E-state index is -4.07. The van der Waals surface area contributed by atoms with Gasteiger partial charge in [0.2, 0.25) is 0 Å². The molecule has 2 N–H and O–H groups in total. The summed E-state index contributed by atoms with van der Waals surface area (Å²) in [6, 6.07) is 11.2. The predicted molar refractivity (Wildman–Crippen MR) is 136 cm³/mol. The summed E-state index contributed by atoms with van der Waals surface area (Å²) < 4.78 is 34.6. The van der Waals surface area contributed by atoms with Gasteiger partial charge in [0.25, 0.3) is 10.0 Å². The van der Waals surface area contributed by atoms with Crippen molar-refractivity contribution in [2.75, 3.05) is 11.8 Å². The molecule has 0 atom stereocenters. The Kier molecular flexibility index (Phi) is 7.69. The number of carboxylic acid groups (broad SMARTS) is 1. The van der Waals surface area contributed by atoms with E-state index in [1.807, 2.05) is 0 Å². The number of aromatic nitrogens is 1. The van der Waals surface area contributed by atoms with Crippen LogP contribution in [0.3, 0.4) is 0 Å². The SMILES string of the molecule is C=Nc1c(S(=O)(=O)Nc2ccccc2C#Cc2cnc(C(=O)O)c(C)c2)ccc(OC)c1/C=C\C. The molecule has 0 radical (unpaired) electrons. The molecule has 1 heterocycles. The van der Waals surface area contributed by atoms with Crippen molar-refractivity contribution in [3.05, 3.63) is 82.7 Å². The molecule has 0 amide bonds. The standard InChI is InChI=1S/C26H23N3O5S/c1-5-8-20-22(34-4)13-14-23(25(20)27-3)35(32,33)29-21-10-7-6-9-19(21)12-11-18-15-17(2)24(26(30)31)28-16-18/h5-10,13-16,29H,3H2,1-2,4H3,(H,30,31)/b8-5-. The number of anilines is 1. The van der Waals surface area contributed by atoms with Gasteiger partial charge in [-0.1, -0.05) is 36.1 Å². The number of pyridine rings is 1. The predicted octanol–water partition coefficient (Wildman–Crippen LogP) is 4.66. The number of hydrogen-bond acceptors (Lipinski definition) is 6. The van der Waals surface area contributed by atoms with Crippen LogP contribution >= 0.6 is 0 Å². The lowest BCUT2D eigenvalue weighted by atomic mass is 10.1. The van der Waals surface area contributed by atoms with Gasteiger partial charge in [-0.3, -0.25) is 9.71 Å². The van der Waals surface area contributed by atoms with E-state index in [2.05, 4.69) is 33.3 Å². The molecule has 3 rings (SSSR count). The highest BCUT2D eigenvalue weighted by Crippen LogP contribution is 2.37. The normalized spacial score (nSPS) is 10.9. The van der Waals surface area contributed by atoms with Crippen molar-refractivity contribution in [1.29, 1.82) is 0 Å². The van der Waals surface area contributed by atoms with E-state index >= 15 is 0 Å². The molecular weight excluding hydrogens is 466 g/mol. The number of hydrogen-bond donors (Lipinski definition) is 2. The molecule has 0 bridgehead atoms. The lowest BCUT2D eigenvalue weighted by Gasteiger charge is -2.15. The number of allylic oxidation sites excluding steroid dienone is 1. The quantitative estimate of drug-likeness (QED) is 0.368. The van der Waals surface area contributed by atoms with Crippen molar-refractivity contribution in [3.63, 3.8) is 0 Å². The van der Waals surface area contributed by atoms with Gasteiger partial charge < -0.3 is 9.84 Å². The molecule has 0 unspecified atom stereocenters. The van der Waals surface area contributed by atoms with Gasteiger partial charge in [-0.2, -0.15) is 0 Å². The smallest absolute Gasteiger partial charge is 0.354 e. The number of carboxylic acids is 1. The number of nitrogens with one attached hydrogen (secondary N) is 1. The summed E-state index contributed by atoms with van der Waals surface area (Å²) in [6.07, 6.45) is 4.81. The van der Waals surface area contributed by atoms with Crippen LogP contribution in [0, 0.1) is 18.8 Å². The molecular formula is C26H23N3O5S. The maximum atomic E-state index is 13.3. The fourth-order valence-corrected chi connectivity index (χ4v) is 4.60. The van der Waals surface area contributed by atoms with Crippen LogP contribution < -0.4 is 9.46 Å². The number of para-hydroxylation sites is 1. The number of rotatable bonds is 7. The summed E-state index contributed by atoms with van der Waals surface area (Å²) in [5.41, 5.74) is 2.27. The Hall–Kier alpha value is -4.42. The van der Waals surface area contributed by atoms with Crippen molar-refractivity contribution in [2.24, 2.45) is 4.99 Å². The minimum absolute atomic E-state index is 0.0490. The molecule has 0 aliphatic carbocycles. The summed E-state index contributed by atoms with van der Waals surface area (Å²) in [5.74, 6) is 5.18. The monoisotopic (exact) mass is 489 g/mol. The van der Waals surface area contributed by atoms with Gasteiger partial charge in [0, 0.05) is 22.9 Å². The Morgan fingerprint density at radius 2 is 1.97 bits per heavy atom. The van der Waals surface area contributed by atoms with Gasteiger partial charge in [0.1, 0.15) is 10.6 Å². The van der Waals surface area contributed by atoms with Crippen molar-refractivity contribution >= 4 is 40.2 Å². The molecule has 0 fully saturated rings. The minimum Gasteiger partial charge on any atom is -0.496 e. The van der Waals surface area contributed by atoms with E-state index in [1.54, 1.807) is 62.4 Å². The van der Waals surface area contributed by atoms with E-state index < -0.39 is 16.0 Å². The van der Waals surface area contributed by atoms with Gasteiger partial charge in [-0.25, -0.2) is 18.2 Å². The number of aromatic carboxylic acids is 1. The second-order valence-corrected chi connectivity index (χ2v) is 8.93. The number of nitrogens with zero attached hydrogens (tertiary/aromatic N) is 2. The number of ether oxygens (including phenoxy) is 1. The van der Waals surface area contributed by atoms with Crippen LogP contribution in [-0.2, 0) is 10.0 Å². The molecule has 0 saturated heterocycles. The molecule has 0 saturated carbocycles. The van der Waals surface area contributed by atoms with E-state index in [4.69, 9.17) is 9.84 Å². The summed E-state index contributed by atoms with van der Waals surface area (Å²) in [7, 11) is -2.58. The van der Waals surface area contributed by atoms with Crippen molar-refractivity contribution in [3.8, 4) is 17.6 Å². The second-order valence-electron chi connectivity index (χ2n) is 7.28. The molecule has 0 aliphatic heterocycles. The maximum absolute atomic E-state index is 13.3. The number of benzene rings is 2. The highest BCUT2D eigenvalue weighted by Gasteiger charge is 2.23. The topological polar surface area (TPSA) is 118 Å². The number of aryl methyl sites for hydroxylation is 1. The van der Waals surface area contributed by atoms with Crippen LogP contribution in [0.2, 0.25) is 0 Å². The van der Waals surface area contributed by atoms with Gasteiger partial charge in [-0.05, 0) is 56.5 Å². The number of aliphatic imine (C=N–C) groups is 1. The molecule has 0 spiro atoms. The lowest BCUT2D eigenvalue weighted by molar-refractivity contribution is 0.0689. The first-order valence-electron chi connectivity index (χ1n) is 10.4. The van der Waals surface area contributed by atoms with Crippen LogP contribution in [0.25, 0.3) is 6.08 Å². The van der Waals surface area contributed by atoms with Gasteiger partial charge in [0.15, 0.2) is 5.69 Å². The summed E-state index contributed by atoms with van der Waals surface area (Å²) >= 11 is 0. The zero-order valence-electron chi connectivity index (χ0n) is 19.4. The second kappa shape index (κ2) is 10.7. The van der Waals surface area contributed by atoms with E-state index in [9.17, 15) is 13.2 Å². The number of carbonyl (C=O) groups is 1. The Morgan fingerprint density at radius 3 is 2.60 bits per heavy atom. The van der Waals surface area contributed by atoms with Gasteiger partial charge >= 0.3 is 5.97 Å². The average Bonchev–Trinajstić information content (AvgIpc) is 2.83. The first-order chi connectivity index (χ1) is 16.7. The Bertz CT molecular complexity index is 1500. The maximum Gasteiger partial charge on any atom is 0.354 e. The van der Waals surface area contributed by atoms with Crippen LogP contribution in [-0.4, -0.2) is 38.3 Å². The van der Waals surface area contributed by atoms with Crippen LogP contribution in [0.1, 0.15) is 39.7 Å². The van der Waals surface area contributed by atoms with Crippen LogP contribution in [0.4, 0.5) is 11.4 Å². The van der Waals surface area contributed by atoms with Crippen molar-refractivity contribution in [1.82, 2.24) is 4.98 Å². The molecule has 9 heteroatoms. The number of methoxy groups -OCH3 is 1. The fourth-order valence-electron chi connectivity index (χ4n) is 3.34. The third-order valence-electron chi connectivity index (χ3n) is 4.93. The zero-order valence-corrected chi connectivity index (χ0v) is 20.2. The van der Waals surface area contributed by atoms with E-state index in [1.165, 1.54) is 19.4 Å². The first-order valence-corrected chi connectivity index (χ1v) is 11.8. The highest BCUT2D eigenvalue weighted by atomic mass is 32.2. The van der Waals surface area contributed by atoms with Gasteiger partial charge in [-0.15, -0.1) is 0 Å². The van der Waals surface area contributed by atoms with E-state index in [-0.39, 0.29) is 22.0 Å². The zero-order chi connectivity index (χ0) is 25.6.